The van der Waals surface area contributed by atoms with Gasteiger partial charge in [-0.3, -0.25) is 4.98 Å². The van der Waals surface area contributed by atoms with Gasteiger partial charge in [-0.05, 0) is 45.9 Å². The van der Waals surface area contributed by atoms with Gasteiger partial charge in [0.1, 0.15) is 11.3 Å². The summed E-state index contributed by atoms with van der Waals surface area (Å²) in [6.45, 7) is 7.22. The lowest BCUT2D eigenvalue weighted by Gasteiger charge is -2.19. The minimum atomic E-state index is -0.561. The first-order chi connectivity index (χ1) is 9.26. The number of hydrogen-bond acceptors (Lipinski definition) is 4. The van der Waals surface area contributed by atoms with Gasteiger partial charge in [-0.2, -0.15) is 9.78 Å². The van der Waals surface area contributed by atoms with Gasteiger partial charge in [-0.25, -0.2) is 4.79 Å². The van der Waals surface area contributed by atoms with Crippen molar-refractivity contribution in [1.29, 1.82) is 0 Å². The highest BCUT2D eigenvalue weighted by molar-refractivity contribution is 6.30. The Balaban J connectivity index is 2.30. The summed E-state index contributed by atoms with van der Waals surface area (Å²) < 4.78 is 6.53. The monoisotopic (exact) mass is 293 g/mol. The Hall–Kier alpha value is -1.88. The van der Waals surface area contributed by atoms with Gasteiger partial charge in [0.2, 0.25) is 0 Å². The van der Waals surface area contributed by atoms with Gasteiger partial charge in [0.15, 0.2) is 0 Å². The molecule has 20 heavy (non-hydrogen) atoms. The molecular weight excluding hydrogens is 278 g/mol. The molecule has 0 saturated heterocycles. The standard InChI is InChI=1S/C14H16ClN3O2/c1-9-7-12(11-6-5-10(15)8-16-11)17-18(9)13(19)20-14(2,3)4/h5-8H,1-4H3. The molecular formula is C14H16ClN3O2. The molecule has 2 heterocycles. The summed E-state index contributed by atoms with van der Waals surface area (Å²) in [5.74, 6) is 0. The number of hydrogen-bond donors (Lipinski definition) is 0. The number of pyridine rings is 1. The Kier molecular flexibility index (Phi) is 3.81. The van der Waals surface area contributed by atoms with E-state index in [1.165, 1.54) is 4.68 Å². The fraction of sp³-hybridized carbons (Fsp3) is 0.357. The van der Waals surface area contributed by atoms with Crippen LogP contribution < -0.4 is 0 Å². The van der Waals surface area contributed by atoms with Crippen LogP contribution in [-0.2, 0) is 4.74 Å². The minimum absolute atomic E-state index is 0.504. The van der Waals surface area contributed by atoms with E-state index in [-0.39, 0.29) is 0 Å². The molecule has 0 radical (unpaired) electrons. The molecule has 0 saturated carbocycles. The van der Waals surface area contributed by atoms with E-state index < -0.39 is 11.7 Å². The maximum absolute atomic E-state index is 12.0. The molecule has 5 nitrogen and oxygen atoms in total. The van der Waals surface area contributed by atoms with Crippen molar-refractivity contribution in [3.8, 4) is 11.4 Å². The van der Waals surface area contributed by atoms with E-state index in [1.807, 2.05) is 20.8 Å². The largest absolute Gasteiger partial charge is 0.442 e. The van der Waals surface area contributed by atoms with Crippen molar-refractivity contribution in [3.63, 3.8) is 0 Å². The fourth-order valence-corrected chi connectivity index (χ4v) is 1.73. The van der Waals surface area contributed by atoms with Crippen LogP contribution in [0.3, 0.4) is 0 Å². The number of aromatic nitrogens is 3. The van der Waals surface area contributed by atoms with E-state index in [1.54, 1.807) is 31.3 Å². The molecule has 2 aromatic heterocycles. The molecule has 0 N–H and O–H groups in total. The fourth-order valence-electron chi connectivity index (χ4n) is 1.62. The Bertz CT molecular complexity index is 627. The number of rotatable bonds is 1. The van der Waals surface area contributed by atoms with Gasteiger partial charge in [0.25, 0.3) is 0 Å². The number of halogens is 1. The van der Waals surface area contributed by atoms with Crippen LogP contribution in [-0.4, -0.2) is 26.5 Å². The normalized spacial score (nSPS) is 11.4. The van der Waals surface area contributed by atoms with Crippen LogP contribution in [0.15, 0.2) is 24.4 Å². The zero-order valence-electron chi connectivity index (χ0n) is 11.8. The maximum Gasteiger partial charge on any atom is 0.435 e. The lowest BCUT2D eigenvalue weighted by atomic mass is 10.2. The molecule has 0 atom stereocenters. The van der Waals surface area contributed by atoms with Crippen LogP contribution in [0.1, 0.15) is 26.5 Å². The smallest absolute Gasteiger partial charge is 0.435 e. The summed E-state index contributed by atoms with van der Waals surface area (Å²) >= 11 is 5.80. The number of nitrogens with zero attached hydrogens (tertiary/aromatic N) is 3. The molecule has 0 spiro atoms. The molecule has 2 rings (SSSR count). The average Bonchev–Trinajstić information content (AvgIpc) is 2.70. The minimum Gasteiger partial charge on any atom is -0.442 e. The van der Waals surface area contributed by atoms with Crippen LogP contribution >= 0.6 is 11.6 Å². The molecule has 0 unspecified atom stereocenters. The third-order valence-corrected chi connectivity index (χ3v) is 2.67. The van der Waals surface area contributed by atoms with Gasteiger partial charge in [0.05, 0.1) is 10.7 Å². The third kappa shape index (κ3) is 3.36. The second-order valence-electron chi connectivity index (χ2n) is 5.42. The molecule has 0 aliphatic rings. The predicted octanol–water partition coefficient (Wildman–Crippen LogP) is 3.69. The summed E-state index contributed by atoms with van der Waals surface area (Å²) in [6, 6.07) is 5.26. The molecule has 6 heteroatoms. The Morgan fingerprint density at radius 2 is 2.00 bits per heavy atom. The Morgan fingerprint density at radius 1 is 1.30 bits per heavy atom. The van der Waals surface area contributed by atoms with Crippen molar-refractivity contribution in [2.45, 2.75) is 33.3 Å². The molecule has 2 aromatic rings. The number of carbonyl (C=O) groups is 1. The van der Waals surface area contributed by atoms with Crippen LogP contribution in [0.25, 0.3) is 11.4 Å². The van der Waals surface area contributed by atoms with Crippen LogP contribution in [0, 0.1) is 6.92 Å². The van der Waals surface area contributed by atoms with Gasteiger partial charge in [0, 0.05) is 11.9 Å². The number of ether oxygens (including phenoxy) is 1. The predicted molar refractivity (Wildman–Crippen MR) is 76.8 cm³/mol. The van der Waals surface area contributed by atoms with Crippen molar-refractivity contribution >= 4 is 17.7 Å². The molecule has 0 aromatic carbocycles. The van der Waals surface area contributed by atoms with E-state index in [2.05, 4.69) is 10.1 Å². The quantitative estimate of drug-likeness (QED) is 0.804. The first-order valence-corrected chi connectivity index (χ1v) is 6.56. The molecule has 106 valence electrons. The molecule has 0 fully saturated rings. The number of aryl methyl sites for hydroxylation is 1. The summed E-state index contributed by atoms with van der Waals surface area (Å²) in [4.78, 5) is 16.2. The van der Waals surface area contributed by atoms with Crippen molar-refractivity contribution in [1.82, 2.24) is 14.8 Å². The summed E-state index contributed by atoms with van der Waals surface area (Å²) in [6.07, 6.45) is 1.04. The van der Waals surface area contributed by atoms with Crippen LogP contribution in [0.4, 0.5) is 4.79 Å². The second-order valence-corrected chi connectivity index (χ2v) is 5.86. The zero-order valence-corrected chi connectivity index (χ0v) is 12.6. The molecule has 0 aliphatic heterocycles. The van der Waals surface area contributed by atoms with Gasteiger partial charge >= 0.3 is 6.09 Å². The lowest BCUT2D eigenvalue weighted by molar-refractivity contribution is 0.0511. The van der Waals surface area contributed by atoms with E-state index in [0.29, 0.717) is 22.1 Å². The molecule has 0 aliphatic carbocycles. The van der Waals surface area contributed by atoms with E-state index in [0.717, 1.165) is 0 Å². The van der Waals surface area contributed by atoms with E-state index in [9.17, 15) is 4.79 Å². The Morgan fingerprint density at radius 3 is 2.55 bits per heavy atom. The first kappa shape index (κ1) is 14.5. The Labute approximate surface area is 122 Å². The first-order valence-electron chi connectivity index (χ1n) is 6.18. The van der Waals surface area contributed by atoms with E-state index >= 15 is 0 Å². The molecule has 0 amide bonds. The van der Waals surface area contributed by atoms with Crippen molar-refractivity contribution in [2.75, 3.05) is 0 Å². The maximum atomic E-state index is 12.0. The second kappa shape index (κ2) is 5.25. The van der Waals surface area contributed by atoms with Crippen molar-refractivity contribution in [3.05, 3.63) is 35.1 Å². The third-order valence-electron chi connectivity index (χ3n) is 2.44. The van der Waals surface area contributed by atoms with E-state index in [4.69, 9.17) is 16.3 Å². The molecule has 0 bridgehead atoms. The van der Waals surface area contributed by atoms with Crippen LogP contribution in [0.2, 0.25) is 5.02 Å². The highest BCUT2D eigenvalue weighted by Crippen LogP contribution is 2.19. The van der Waals surface area contributed by atoms with Gasteiger partial charge < -0.3 is 4.74 Å². The van der Waals surface area contributed by atoms with Crippen molar-refractivity contribution < 1.29 is 9.53 Å². The highest BCUT2D eigenvalue weighted by atomic mass is 35.5. The van der Waals surface area contributed by atoms with Gasteiger partial charge in [-0.15, -0.1) is 0 Å². The topological polar surface area (TPSA) is 57.0 Å². The lowest BCUT2D eigenvalue weighted by Crippen LogP contribution is -2.28. The summed E-state index contributed by atoms with van der Waals surface area (Å²) in [7, 11) is 0. The summed E-state index contributed by atoms with van der Waals surface area (Å²) in [5.41, 5.74) is 1.38. The zero-order chi connectivity index (χ0) is 14.9. The van der Waals surface area contributed by atoms with Crippen molar-refractivity contribution in [2.24, 2.45) is 0 Å². The van der Waals surface area contributed by atoms with Gasteiger partial charge in [-0.1, -0.05) is 11.6 Å². The SMILES string of the molecule is Cc1cc(-c2ccc(Cl)cn2)nn1C(=O)OC(C)(C)C. The summed E-state index contributed by atoms with van der Waals surface area (Å²) in [5, 5.41) is 4.78. The van der Waals surface area contributed by atoms with Crippen LogP contribution in [0.5, 0.6) is 0 Å². The highest BCUT2D eigenvalue weighted by Gasteiger charge is 2.20. The average molecular weight is 294 g/mol. The number of carbonyl (C=O) groups excluding carboxylic acids is 1.